The van der Waals surface area contributed by atoms with E-state index in [0.29, 0.717) is 23.2 Å². The van der Waals surface area contributed by atoms with Gasteiger partial charge in [-0.1, -0.05) is 115 Å². The SMILES string of the molecule is c1ccc2cc(-c3ccc(-c4nc(-c5ccc6ccccc6c5)nc(-c5nccc6oc7ccccc7c56)n4)cc3)ccc2c1. The van der Waals surface area contributed by atoms with Gasteiger partial charge in [0.25, 0.3) is 0 Å². The molecule has 3 aromatic heterocycles. The second kappa shape index (κ2) is 10.2. The monoisotopic (exact) mass is 576 g/mol. The Bertz CT molecular complexity index is 2550. The van der Waals surface area contributed by atoms with Gasteiger partial charge in [0.15, 0.2) is 17.5 Å². The van der Waals surface area contributed by atoms with Crippen LogP contribution in [0.5, 0.6) is 0 Å². The average Bonchev–Trinajstić information content (AvgIpc) is 3.50. The van der Waals surface area contributed by atoms with Gasteiger partial charge in [0.05, 0.1) is 5.39 Å². The first kappa shape index (κ1) is 25.3. The third kappa shape index (κ3) is 4.41. The van der Waals surface area contributed by atoms with Gasteiger partial charge in [0.1, 0.15) is 16.9 Å². The van der Waals surface area contributed by atoms with Gasteiger partial charge in [-0.25, -0.2) is 15.0 Å². The third-order valence-corrected chi connectivity index (χ3v) is 8.37. The van der Waals surface area contributed by atoms with E-state index in [9.17, 15) is 0 Å². The van der Waals surface area contributed by atoms with Crippen molar-refractivity contribution in [2.24, 2.45) is 0 Å². The van der Waals surface area contributed by atoms with Crippen LogP contribution in [0.15, 0.2) is 150 Å². The van der Waals surface area contributed by atoms with Gasteiger partial charge in [-0.3, -0.25) is 4.98 Å². The molecule has 5 nitrogen and oxygen atoms in total. The summed E-state index contributed by atoms with van der Waals surface area (Å²) < 4.78 is 6.16. The molecule has 0 fully saturated rings. The molecule has 0 atom stereocenters. The Morgan fingerprint density at radius 1 is 0.400 bits per heavy atom. The molecule has 0 aliphatic heterocycles. The van der Waals surface area contributed by atoms with Crippen molar-refractivity contribution in [1.82, 2.24) is 19.9 Å². The molecule has 9 aromatic rings. The fourth-order valence-electron chi connectivity index (χ4n) is 6.09. The summed E-state index contributed by atoms with van der Waals surface area (Å²) in [5, 5.41) is 6.60. The minimum Gasteiger partial charge on any atom is -0.456 e. The van der Waals surface area contributed by atoms with Gasteiger partial charge in [0, 0.05) is 22.7 Å². The zero-order valence-electron chi connectivity index (χ0n) is 24.1. The molecule has 0 amide bonds. The van der Waals surface area contributed by atoms with Crippen molar-refractivity contribution in [2.45, 2.75) is 0 Å². The summed E-state index contributed by atoms with van der Waals surface area (Å²) >= 11 is 0. The van der Waals surface area contributed by atoms with Crippen LogP contribution < -0.4 is 0 Å². The molecule has 0 radical (unpaired) electrons. The zero-order valence-corrected chi connectivity index (χ0v) is 24.1. The van der Waals surface area contributed by atoms with Crippen molar-refractivity contribution in [1.29, 1.82) is 0 Å². The van der Waals surface area contributed by atoms with E-state index in [1.165, 1.54) is 10.8 Å². The van der Waals surface area contributed by atoms with Crippen LogP contribution >= 0.6 is 0 Å². The summed E-state index contributed by atoms with van der Waals surface area (Å²) in [6.07, 6.45) is 1.75. The molecule has 45 heavy (non-hydrogen) atoms. The molecule has 0 bridgehead atoms. The van der Waals surface area contributed by atoms with Crippen LogP contribution in [-0.2, 0) is 0 Å². The standard InChI is InChI=1S/C40H24N4O/c1-3-9-29-23-31(19-15-25(29)7-1)27-13-17-28(18-14-27)38-42-39(32-20-16-26-8-2-4-10-30(26)24-32)44-40(43-38)37-36-33-11-5-6-12-34(33)45-35(36)21-22-41-37/h1-24H. The normalized spacial score (nSPS) is 11.6. The van der Waals surface area contributed by atoms with Crippen LogP contribution in [0.1, 0.15) is 0 Å². The predicted molar refractivity (Wildman–Crippen MR) is 182 cm³/mol. The number of pyridine rings is 1. The van der Waals surface area contributed by atoms with Gasteiger partial charge in [-0.05, 0) is 56.9 Å². The van der Waals surface area contributed by atoms with Crippen LogP contribution in [0.2, 0.25) is 0 Å². The van der Waals surface area contributed by atoms with Crippen molar-refractivity contribution in [3.8, 4) is 45.4 Å². The largest absolute Gasteiger partial charge is 0.456 e. The van der Waals surface area contributed by atoms with E-state index in [0.717, 1.165) is 55.0 Å². The number of aromatic nitrogens is 4. The molecule has 3 heterocycles. The molecule has 0 saturated carbocycles. The molecule has 5 heteroatoms. The predicted octanol–water partition coefficient (Wildman–Crippen LogP) is 10.1. The van der Waals surface area contributed by atoms with Crippen LogP contribution in [0.4, 0.5) is 0 Å². The highest BCUT2D eigenvalue weighted by Crippen LogP contribution is 2.35. The van der Waals surface area contributed by atoms with Crippen molar-refractivity contribution in [2.75, 3.05) is 0 Å². The van der Waals surface area contributed by atoms with Crippen molar-refractivity contribution >= 4 is 43.5 Å². The Hall–Kier alpha value is -6.20. The topological polar surface area (TPSA) is 64.7 Å². The van der Waals surface area contributed by atoms with Gasteiger partial charge < -0.3 is 4.42 Å². The third-order valence-electron chi connectivity index (χ3n) is 8.37. The number of furan rings is 1. The van der Waals surface area contributed by atoms with E-state index in [-0.39, 0.29) is 0 Å². The summed E-state index contributed by atoms with van der Waals surface area (Å²) in [4.78, 5) is 19.8. The maximum atomic E-state index is 6.16. The van der Waals surface area contributed by atoms with Gasteiger partial charge in [0.2, 0.25) is 0 Å². The number of hydrogen-bond acceptors (Lipinski definition) is 5. The van der Waals surface area contributed by atoms with Crippen LogP contribution in [-0.4, -0.2) is 19.9 Å². The van der Waals surface area contributed by atoms with Crippen molar-refractivity contribution < 1.29 is 4.42 Å². The molecule has 0 saturated heterocycles. The van der Waals surface area contributed by atoms with Gasteiger partial charge in [-0.2, -0.15) is 0 Å². The lowest BCUT2D eigenvalue weighted by atomic mass is 10.00. The Kier molecular flexibility index (Phi) is 5.74. The van der Waals surface area contributed by atoms with E-state index >= 15 is 0 Å². The van der Waals surface area contributed by atoms with E-state index in [4.69, 9.17) is 24.4 Å². The lowest BCUT2D eigenvalue weighted by Gasteiger charge is -2.10. The average molecular weight is 577 g/mol. The molecule has 0 N–H and O–H groups in total. The fraction of sp³-hybridized carbons (Fsp3) is 0. The molecule has 0 unspecified atom stereocenters. The number of para-hydroxylation sites is 1. The number of hydrogen-bond donors (Lipinski definition) is 0. The number of rotatable bonds is 4. The van der Waals surface area contributed by atoms with Crippen LogP contribution in [0, 0.1) is 0 Å². The zero-order chi connectivity index (χ0) is 29.7. The molecule has 0 aliphatic carbocycles. The van der Waals surface area contributed by atoms with E-state index < -0.39 is 0 Å². The first-order valence-electron chi connectivity index (χ1n) is 14.9. The summed E-state index contributed by atoms with van der Waals surface area (Å²) in [5.41, 5.74) is 6.31. The van der Waals surface area contributed by atoms with E-state index in [2.05, 4.69) is 97.1 Å². The Labute approximate surface area is 258 Å². The number of benzene rings is 6. The minimum absolute atomic E-state index is 0.499. The van der Waals surface area contributed by atoms with E-state index in [1.807, 2.05) is 42.5 Å². The van der Waals surface area contributed by atoms with Gasteiger partial charge in [-0.15, -0.1) is 0 Å². The highest BCUT2D eigenvalue weighted by atomic mass is 16.3. The lowest BCUT2D eigenvalue weighted by molar-refractivity contribution is 0.668. The molecule has 210 valence electrons. The second-order valence-corrected chi connectivity index (χ2v) is 11.1. The highest BCUT2D eigenvalue weighted by molar-refractivity contribution is 6.10. The molecule has 0 spiro atoms. The van der Waals surface area contributed by atoms with Crippen molar-refractivity contribution in [3.05, 3.63) is 146 Å². The Balaban J connectivity index is 1.21. The minimum atomic E-state index is 0.499. The Morgan fingerprint density at radius 3 is 1.71 bits per heavy atom. The molecular weight excluding hydrogens is 552 g/mol. The fourth-order valence-corrected chi connectivity index (χ4v) is 6.09. The smallest absolute Gasteiger partial charge is 0.183 e. The summed E-state index contributed by atoms with van der Waals surface area (Å²) in [7, 11) is 0. The summed E-state index contributed by atoms with van der Waals surface area (Å²) in [6, 6.07) is 47.9. The molecule has 6 aromatic carbocycles. The van der Waals surface area contributed by atoms with Crippen LogP contribution in [0.3, 0.4) is 0 Å². The quantitative estimate of drug-likeness (QED) is 0.209. The van der Waals surface area contributed by atoms with Gasteiger partial charge >= 0.3 is 0 Å². The lowest BCUT2D eigenvalue weighted by Crippen LogP contribution is -2.01. The van der Waals surface area contributed by atoms with Crippen molar-refractivity contribution in [3.63, 3.8) is 0 Å². The molecular formula is C40H24N4O. The molecule has 0 aliphatic rings. The number of fused-ring (bicyclic) bond motifs is 5. The summed E-state index contributed by atoms with van der Waals surface area (Å²) in [5.74, 6) is 1.67. The first-order chi connectivity index (χ1) is 22.3. The van der Waals surface area contributed by atoms with E-state index in [1.54, 1.807) is 6.20 Å². The maximum Gasteiger partial charge on any atom is 0.183 e. The molecule has 9 rings (SSSR count). The summed E-state index contributed by atoms with van der Waals surface area (Å²) in [6.45, 7) is 0. The number of nitrogens with zero attached hydrogens (tertiary/aromatic N) is 4. The maximum absolute atomic E-state index is 6.16. The Morgan fingerprint density at radius 2 is 0.956 bits per heavy atom. The highest BCUT2D eigenvalue weighted by Gasteiger charge is 2.19. The van der Waals surface area contributed by atoms with Crippen LogP contribution in [0.25, 0.3) is 88.9 Å². The second-order valence-electron chi connectivity index (χ2n) is 11.1. The first-order valence-corrected chi connectivity index (χ1v) is 14.9.